The van der Waals surface area contributed by atoms with Crippen LogP contribution in [-0.4, -0.2) is 42.1 Å². The van der Waals surface area contributed by atoms with E-state index >= 15 is 0 Å². The van der Waals surface area contributed by atoms with Crippen LogP contribution in [0.3, 0.4) is 0 Å². The molecule has 10 heteroatoms. The Bertz CT molecular complexity index is 869. The number of rotatable bonds is 4. The Morgan fingerprint density at radius 3 is 2.79 bits per heavy atom. The molecule has 1 saturated heterocycles. The summed E-state index contributed by atoms with van der Waals surface area (Å²) in [6.45, 7) is 5.39. The second kappa shape index (κ2) is 7.94. The Morgan fingerprint density at radius 2 is 2.18 bits per heavy atom. The summed E-state index contributed by atoms with van der Waals surface area (Å²) >= 11 is 1.87. The number of aromatic nitrogens is 1. The maximum atomic E-state index is 13.8. The van der Waals surface area contributed by atoms with Crippen LogP contribution in [0.15, 0.2) is 35.1 Å². The molecule has 150 valence electrons. The van der Waals surface area contributed by atoms with Gasteiger partial charge in [0.15, 0.2) is 5.82 Å². The van der Waals surface area contributed by atoms with Crippen LogP contribution in [0.2, 0.25) is 0 Å². The molecule has 8 nitrogen and oxygen atoms in total. The van der Waals surface area contributed by atoms with Crippen LogP contribution in [0, 0.1) is 9.39 Å². The number of cyclic esters (lactones) is 1. The van der Waals surface area contributed by atoms with E-state index in [-0.39, 0.29) is 18.9 Å². The molecule has 1 aromatic heterocycles. The molecule has 3 rings (SSSR count). The number of amides is 2. The van der Waals surface area contributed by atoms with E-state index in [0.717, 1.165) is 0 Å². The van der Waals surface area contributed by atoms with Crippen molar-refractivity contribution in [3.63, 3.8) is 0 Å². The molecule has 2 amide bonds. The number of hydrogen-bond acceptors (Lipinski definition) is 6. The van der Waals surface area contributed by atoms with Crippen molar-refractivity contribution in [2.75, 3.05) is 22.9 Å². The predicted molar refractivity (Wildman–Crippen MR) is 107 cm³/mol. The summed E-state index contributed by atoms with van der Waals surface area (Å²) < 4.78 is 29.9. The van der Waals surface area contributed by atoms with Crippen LogP contribution in [0.1, 0.15) is 20.8 Å². The first kappa shape index (κ1) is 20.4. The van der Waals surface area contributed by atoms with E-state index in [1.165, 1.54) is 28.2 Å². The first-order valence-electron chi connectivity index (χ1n) is 8.48. The molecule has 2 aromatic rings. The van der Waals surface area contributed by atoms with Gasteiger partial charge >= 0.3 is 12.2 Å². The van der Waals surface area contributed by atoms with Crippen LogP contribution in [0.25, 0.3) is 0 Å². The summed E-state index contributed by atoms with van der Waals surface area (Å²) in [6, 6.07) is 5.99. The lowest BCUT2D eigenvalue weighted by Crippen LogP contribution is -2.42. The molecular weight excluding hydrogens is 484 g/mol. The molecule has 0 bridgehead atoms. The van der Waals surface area contributed by atoms with Crippen LogP contribution in [-0.2, 0) is 9.47 Å². The van der Waals surface area contributed by atoms with Crippen LogP contribution < -0.4 is 9.80 Å². The lowest BCUT2D eigenvalue weighted by molar-refractivity contribution is 0.0556. The fraction of sp³-hybridized carbons (Fsp3) is 0.389. The topological polar surface area (TPSA) is 85.1 Å². The van der Waals surface area contributed by atoms with Crippen LogP contribution in [0.5, 0.6) is 0 Å². The van der Waals surface area contributed by atoms with Gasteiger partial charge in [0.05, 0.1) is 18.8 Å². The normalized spacial score (nSPS) is 16.8. The van der Waals surface area contributed by atoms with E-state index in [9.17, 15) is 14.0 Å². The minimum Gasteiger partial charge on any atom is -0.443 e. The number of ether oxygens (including phenoxy) is 2. The highest BCUT2D eigenvalue weighted by Gasteiger charge is 2.36. The predicted octanol–water partition coefficient (Wildman–Crippen LogP) is 4.19. The average molecular weight is 503 g/mol. The van der Waals surface area contributed by atoms with Crippen LogP contribution in [0.4, 0.5) is 25.5 Å². The van der Waals surface area contributed by atoms with Crippen molar-refractivity contribution >= 4 is 46.3 Å². The van der Waals surface area contributed by atoms with Crippen molar-refractivity contribution in [2.45, 2.75) is 32.5 Å². The molecule has 1 aromatic carbocycles. The van der Waals surface area contributed by atoms with Gasteiger partial charge in [-0.2, -0.15) is 0 Å². The fourth-order valence-corrected chi connectivity index (χ4v) is 2.94. The second-order valence-electron chi connectivity index (χ2n) is 7.16. The average Bonchev–Trinajstić information content (AvgIpc) is 3.23. The van der Waals surface area contributed by atoms with Crippen molar-refractivity contribution < 1.29 is 28.0 Å². The van der Waals surface area contributed by atoms with Gasteiger partial charge in [0, 0.05) is 9.64 Å². The maximum absolute atomic E-state index is 13.8. The SMILES string of the molecule is CC(C)(C)OC(=O)N(C[C@H]1CN(c2ccc(I)c(F)c2)C(=O)O1)c1ccon1. The van der Waals surface area contributed by atoms with Gasteiger partial charge < -0.3 is 14.0 Å². The minimum atomic E-state index is -0.712. The van der Waals surface area contributed by atoms with E-state index in [0.29, 0.717) is 9.26 Å². The zero-order chi connectivity index (χ0) is 20.5. The lowest BCUT2D eigenvalue weighted by Gasteiger charge is -2.26. The highest BCUT2D eigenvalue weighted by atomic mass is 127. The maximum Gasteiger partial charge on any atom is 0.416 e. The summed E-state index contributed by atoms with van der Waals surface area (Å²) in [6.07, 6.45) is -0.584. The standard InChI is InChI=1S/C18H19FIN3O5/c1-18(2,3)28-17(25)23(15-6-7-26-21-15)10-12-9-22(16(24)27-12)11-4-5-14(20)13(19)8-11/h4-8,12H,9-10H2,1-3H3/t12-/m1/s1. The highest BCUT2D eigenvalue weighted by molar-refractivity contribution is 14.1. The third-order valence-electron chi connectivity index (χ3n) is 3.79. The molecule has 0 spiro atoms. The van der Waals surface area contributed by atoms with Crippen molar-refractivity contribution in [1.29, 1.82) is 0 Å². The van der Waals surface area contributed by atoms with Gasteiger partial charge in [-0.3, -0.25) is 9.80 Å². The van der Waals surface area contributed by atoms with Gasteiger partial charge in [-0.05, 0) is 61.6 Å². The first-order valence-corrected chi connectivity index (χ1v) is 9.56. The highest BCUT2D eigenvalue weighted by Crippen LogP contribution is 2.26. The first-order chi connectivity index (χ1) is 13.1. The Kier molecular flexibility index (Phi) is 5.77. The van der Waals surface area contributed by atoms with Crippen molar-refractivity contribution in [3.8, 4) is 0 Å². The molecule has 28 heavy (non-hydrogen) atoms. The molecule has 0 aliphatic carbocycles. The summed E-state index contributed by atoms with van der Waals surface area (Å²) in [5.41, 5.74) is -0.327. The smallest absolute Gasteiger partial charge is 0.416 e. The third kappa shape index (κ3) is 4.72. The van der Waals surface area contributed by atoms with Crippen LogP contribution >= 0.6 is 22.6 Å². The number of carbonyl (C=O) groups excluding carboxylic acids is 2. The number of nitrogens with zero attached hydrogens (tertiary/aromatic N) is 3. The quantitative estimate of drug-likeness (QED) is 0.583. The molecule has 1 atom stereocenters. The second-order valence-corrected chi connectivity index (χ2v) is 8.33. The summed E-state index contributed by atoms with van der Waals surface area (Å²) in [7, 11) is 0. The Morgan fingerprint density at radius 1 is 1.43 bits per heavy atom. The third-order valence-corrected chi connectivity index (χ3v) is 4.66. The summed E-state index contributed by atoms with van der Waals surface area (Å²) in [5, 5.41) is 3.77. The number of benzene rings is 1. The molecule has 1 aliphatic rings. The van der Waals surface area contributed by atoms with Crippen molar-refractivity contribution in [3.05, 3.63) is 39.9 Å². The van der Waals surface area contributed by atoms with E-state index in [2.05, 4.69) is 5.16 Å². The van der Waals surface area contributed by atoms with Gasteiger partial charge in [-0.25, -0.2) is 14.0 Å². The van der Waals surface area contributed by atoms with Gasteiger partial charge in [0.2, 0.25) is 0 Å². The zero-order valence-corrected chi connectivity index (χ0v) is 17.7. The van der Waals surface area contributed by atoms with E-state index < -0.39 is 29.7 Å². The lowest BCUT2D eigenvalue weighted by atomic mass is 10.2. The largest absolute Gasteiger partial charge is 0.443 e. The van der Waals surface area contributed by atoms with E-state index in [1.54, 1.807) is 32.9 Å². The molecule has 0 unspecified atom stereocenters. The van der Waals surface area contributed by atoms with Crippen molar-refractivity contribution in [1.82, 2.24) is 5.16 Å². The zero-order valence-electron chi connectivity index (χ0n) is 15.5. The number of carbonyl (C=O) groups is 2. The fourth-order valence-electron chi connectivity index (χ4n) is 2.61. The monoisotopic (exact) mass is 503 g/mol. The van der Waals surface area contributed by atoms with Gasteiger partial charge in [0.1, 0.15) is 23.8 Å². The number of halogens is 2. The molecule has 1 aliphatic heterocycles. The Balaban J connectivity index is 1.75. The molecule has 0 saturated carbocycles. The summed E-state index contributed by atoms with van der Waals surface area (Å²) in [4.78, 5) is 27.4. The van der Waals surface area contributed by atoms with E-state index in [4.69, 9.17) is 14.0 Å². The van der Waals surface area contributed by atoms with Crippen molar-refractivity contribution in [2.24, 2.45) is 0 Å². The number of hydrogen-bond donors (Lipinski definition) is 0. The van der Waals surface area contributed by atoms with Gasteiger partial charge in [-0.1, -0.05) is 5.16 Å². The molecule has 2 heterocycles. The number of anilines is 2. The molecule has 0 radical (unpaired) electrons. The molecule has 1 fully saturated rings. The summed E-state index contributed by atoms with van der Waals surface area (Å²) in [5.74, 6) is -0.184. The Hall–Kier alpha value is -2.37. The van der Waals surface area contributed by atoms with Gasteiger partial charge in [-0.15, -0.1) is 0 Å². The Labute approximate surface area is 174 Å². The molecule has 0 N–H and O–H groups in total. The molecular formula is C18H19FIN3O5. The van der Waals surface area contributed by atoms with E-state index in [1.807, 2.05) is 22.6 Å². The van der Waals surface area contributed by atoms with Gasteiger partial charge in [0.25, 0.3) is 0 Å². The minimum absolute atomic E-state index is 0.0105.